The maximum absolute atomic E-state index is 13.3. The van der Waals surface area contributed by atoms with Crippen LogP contribution in [0.4, 0.5) is 10.1 Å². The molecule has 0 spiro atoms. The van der Waals surface area contributed by atoms with Crippen LogP contribution in [0.25, 0.3) is 0 Å². The van der Waals surface area contributed by atoms with Crippen molar-refractivity contribution < 1.29 is 19.1 Å². The van der Waals surface area contributed by atoms with Gasteiger partial charge in [0.1, 0.15) is 11.5 Å². The number of hydrogen-bond donors (Lipinski definition) is 2. The molecule has 1 aromatic carbocycles. The largest absolute Gasteiger partial charge is 0.478 e. The molecule has 2 rings (SSSR count). The number of carboxylic acid groups (broad SMARTS) is 1. The Morgan fingerprint density at radius 1 is 1.38 bits per heavy atom. The van der Waals surface area contributed by atoms with Gasteiger partial charge in [-0.3, -0.25) is 9.48 Å². The molecule has 0 fully saturated rings. The molecule has 0 atom stereocenters. The average Bonchev–Trinajstić information content (AvgIpc) is 2.82. The molecule has 1 amide bonds. The minimum atomic E-state index is -1.39. The molecule has 0 aliphatic carbocycles. The number of carboxylic acids is 1. The zero-order valence-electron chi connectivity index (χ0n) is 11.6. The topological polar surface area (TPSA) is 84.2 Å². The molecule has 0 unspecified atom stereocenters. The first-order valence-corrected chi connectivity index (χ1v) is 6.31. The number of amides is 1. The Labute approximate surface area is 120 Å². The van der Waals surface area contributed by atoms with Crippen LogP contribution < -0.4 is 5.32 Å². The molecule has 0 aliphatic heterocycles. The maximum Gasteiger partial charge on any atom is 0.338 e. The lowest BCUT2D eigenvalue weighted by Gasteiger charge is -2.07. The number of hydrogen-bond acceptors (Lipinski definition) is 3. The number of rotatable bonds is 4. The summed E-state index contributed by atoms with van der Waals surface area (Å²) in [5, 5.41) is 15.6. The third-order valence-corrected chi connectivity index (χ3v) is 2.89. The summed E-state index contributed by atoms with van der Waals surface area (Å²) in [5.41, 5.74) is 0.775. The Morgan fingerprint density at radius 2 is 2.10 bits per heavy atom. The van der Waals surface area contributed by atoms with Crippen LogP contribution in [0.5, 0.6) is 0 Å². The van der Waals surface area contributed by atoms with Crippen LogP contribution in [0.1, 0.15) is 33.5 Å². The lowest BCUT2D eigenvalue weighted by Crippen LogP contribution is -2.17. The van der Waals surface area contributed by atoms with Crippen LogP contribution in [-0.4, -0.2) is 26.8 Å². The summed E-state index contributed by atoms with van der Waals surface area (Å²) in [6.45, 7) is 4.15. The summed E-state index contributed by atoms with van der Waals surface area (Å²) >= 11 is 0. The molecule has 0 bridgehead atoms. The Bertz CT molecular complexity index is 709. The fraction of sp³-hybridized carbons (Fsp3) is 0.214. The highest BCUT2D eigenvalue weighted by Gasteiger charge is 2.15. The van der Waals surface area contributed by atoms with E-state index in [1.807, 2.05) is 6.92 Å². The van der Waals surface area contributed by atoms with E-state index >= 15 is 0 Å². The van der Waals surface area contributed by atoms with Gasteiger partial charge in [0.25, 0.3) is 5.91 Å². The Morgan fingerprint density at radius 3 is 2.71 bits per heavy atom. The Balaban J connectivity index is 2.27. The third kappa shape index (κ3) is 3.07. The van der Waals surface area contributed by atoms with E-state index in [9.17, 15) is 14.0 Å². The minimum absolute atomic E-state index is 0.209. The molecular weight excluding hydrogens is 277 g/mol. The van der Waals surface area contributed by atoms with Gasteiger partial charge in [-0.1, -0.05) is 0 Å². The van der Waals surface area contributed by atoms with Crippen molar-refractivity contribution in [3.05, 3.63) is 47.0 Å². The van der Waals surface area contributed by atoms with Crippen molar-refractivity contribution in [2.45, 2.75) is 20.4 Å². The molecule has 1 aromatic heterocycles. The van der Waals surface area contributed by atoms with E-state index in [-0.39, 0.29) is 5.69 Å². The van der Waals surface area contributed by atoms with Gasteiger partial charge in [-0.15, -0.1) is 0 Å². The second-order valence-corrected chi connectivity index (χ2v) is 4.44. The van der Waals surface area contributed by atoms with Crippen LogP contribution >= 0.6 is 0 Å². The molecule has 0 saturated heterocycles. The van der Waals surface area contributed by atoms with Gasteiger partial charge >= 0.3 is 5.97 Å². The summed E-state index contributed by atoms with van der Waals surface area (Å²) in [4.78, 5) is 23.0. The van der Waals surface area contributed by atoms with Crippen molar-refractivity contribution in [3.63, 3.8) is 0 Å². The summed E-state index contributed by atoms with van der Waals surface area (Å²) < 4.78 is 14.8. The number of aryl methyl sites for hydroxylation is 2. The van der Waals surface area contributed by atoms with E-state index in [1.54, 1.807) is 13.0 Å². The number of anilines is 1. The third-order valence-electron chi connectivity index (χ3n) is 2.89. The Kier molecular flexibility index (Phi) is 4.02. The molecule has 0 saturated carbocycles. The van der Waals surface area contributed by atoms with Crippen LogP contribution in [0.15, 0.2) is 24.3 Å². The molecule has 7 heteroatoms. The normalized spacial score (nSPS) is 10.4. The Hall–Kier alpha value is -2.70. The SMILES string of the molecule is CCn1nc(C)cc1C(=O)Nc1ccc(F)c(C(=O)O)c1. The van der Waals surface area contributed by atoms with Crippen LogP contribution in [0, 0.1) is 12.7 Å². The maximum atomic E-state index is 13.3. The average molecular weight is 291 g/mol. The fourth-order valence-corrected chi connectivity index (χ4v) is 1.93. The lowest BCUT2D eigenvalue weighted by atomic mass is 10.2. The van der Waals surface area contributed by atoms with Gasteiger partial charge in [0, 0.05) is 12.2 Å². The second kappa shape index (κ2) is 5.74. The van der Waals surface area contributed by atoms with E-state index < -0.39 is 23.3 Å². The van der Waals surface area contributed by atoms with Crippen LogP contribution in [-0.2, 0) is 6.54 Å². The standard InChI is InChI=1S/C14H14FN3O3/c1-3-18-12(6-8(2)17-18)13(19)16-9-4-5-11(15)10(7-9)14(20)21/h4-7H,3H2,1-2H3,(H,16,19)(H,20,21). The first-order valence-electron chi connectivity index (χ1n) is 6.31. The summed E-state index contributed by atoms with van der Waals surface area (Å²) in [5.74, 6) is -2.67. The van der Waals surface area contributed by atoms with E-state index in [1.165, 1.54) is 10.7 Å². The zero-order valence-corrected chi connectivity index (χ0v) is 11.6. The van der Waals surface area contributed by atoms with Crippen molar-refractivity contribution in [3.8, 4) is 0 Å². The monoisotopic (exact) mass is 291 g/mol. The van der Waals surface area contributed by atoms with Gasteiger partial charge < -0.3 is 10.4 Å². The van der Waals surface area contributed by atoms with E-state index in [0.717, 1.165) is 12.1 Å². The van der Waals surface area contributed by atoms with Gasteiger partial charge in [0.15, 0.2) is 0 Å². The summed E-state index contributed by atoms with van der Waals surface area (Å²) in [6, 6.07) is 5.01. The molecule has 2 aromatic rings. The highest BCUT2D eigenvalue weighted by Crippen LogP contribution is 2.16. The smallest absolute Gasteiger partial charge is 0.338 e. The lowest BCUT2D eigenvalue weighted by molar-refractivity contribution is 0.0691. The molecule has 6 nitrogen and oxygen atoms in total. The number of nitrogens with zero attached hydrogens (tertiary/aromatic N) is 2. The summed E-state index contributed by atoms with van der Waals surface area (Å²) in [6.07, 6.45) is 0. The zero-order chi connectivity index (χ0) is 15.6. The van der Waals surface area contributed by atoms with Crippen molar-refractivity contribution in [1.29, 1.82) is 0 Å². The van der Waals surface area contributed by atoms with Crippen molar-refractivity contribution in [2.75, 3.05) is 5.32 Å². The van der Waals surface area contributed by atoms with Crippen molar-refractivity contribution in [2.24, 2.45) is 0 Å². The highest BCUT2D eigenvalue weighted by atomic mass is 19.1. The predicted molar refractivity (Wildman–Crippen MR) is 74.0 cm³/mol. The number of aromatic nitrogens is 2. The number of halogens is 1. The van der Waals surface area contributed by atoms with Gasteiger partial charge in [-0.2, -0.15) is 5.10 Å². The van der Waals surface area contributed by atoms with Gasteiger partial charge in [0.05, 0.1) is 11.3 Å². The van der Waals surface area contributed by atoms with E-state index in [2.05, 4.69) is 10.4 Å². The first-order chi connectivity index (χ1) is 9.92. The minimum Gasteiger partial charge on any atom is -0.478 e. The molecule has 21 heavy (non-hydrogen) atoms. The highest BCUT2D eigenvalue weighted by molar-refractivity contribution is 6.03. The second-order valence-electron chi connectivity index (χ2n) is 4.44. The first kappa shape index (κ1) is 14.7. The van der Waals surface area contributed by atoms with Crippen LogP contribution in [0.3, 0.4) is 0 Å². The van der Waals surface area contributed by atoms with Crippen LogP contribution in [0.2, 0.25) is 0 Å². The molecule has 0 radical (unpaired) electrons. The molecule has 0 aliphatic rings. The number of carbonyl (C=O) groups excluding carboxylic acids is 1. The number of aromatic carboxylic acids is 1. The number of carbonyl (C=O) groups is 2. The fourth-order valence-electron chi connectivity index (χ4n) is 1.93. The van der Waals surface area contributed by atoms with Crippen molar-refractivity contribution in [1.82, 2.24) is 9.78 Å². The van der Waals surface area contributed by atoms with E-state index in [4.69, 9.17) is 5.11 Å². The number of nitrogens with one attached hydrogen (secondary N) is 1. The van der Waals surface area contributed by atoms with E-state index in [0.29, 0.717) is 17.9 Å². The molecule has 2 N–H and O–H groups in total. The van der Waals surface area contributed by atoms with Gasteiger partial charge in [-0.25, -0.2) is 9.18 Å². The molecule has 1 heterocycles. The number of benzene rings is 1. The molecule has 110 valence electrons. The summed E-state index contributed by atoms with van der Waals surface area (Å²) in [7, 11) is 0. The quantitative estimate of drug-likeness (QED) is 0.905. The predicted octanol–water partition coefficient (Wildman–Crippen LogP) is 2.30. The van der Waals surface area contributed by atoms with Crippen molar-refractivity contribution >= 4 is 17.6 Å². The van der Waals surface area contributed by atoms with Gasteiger partial charge in [0.2, 0.25) is 0 Å². The molecular formula is C14H14FN3O3. The van der Waals surface area contributed by atoms with Gasteiger partial charge in [-0.05, 0) is 38.1 Å².